The van der Waals surface area contributed by atoms with Crippen molar-refractivity contribution in [3.63, 3.8) is 0 Å². The molecule has 3 aromatic rings. The molecule has 0 aliphatic carbocycles. The van der Waals surface area contributed by atoms with Gasteiger partial charge in [0.1, 0.15) is 5.57 Å². The first-order valence-corrected chi connectivity index (χ1v) is 10.6. The number of amides is 2. The van der Waals surface area contributed by atoms with Gasteiger partial charge in [0, 0.05) is 28.7 Å². The molecule has 0 bridgehead atoms. The maximum absolute atomic E-state index is 13.4. The van der Waals surface area contributed by atoms with Crippen LogP contribution in [0.5, 0.6) is 0 Å². The summed E-state index contributed by atoms with van der Waals surface area (Å²) in [5.74, 6) is -1.14. The number of carbonyl (C=O) groups is 2. The summed E-state index contributed by atoms with van der Waals surface area (Å²) in [6, 6.07) is 12.7. The number of allylic oxidation sites excluding steroid dienone is 1. The SMILES string of the molecule is C=CCn1c(C)c(/C=C2\C(=O)NC(=S)N(c3cccc(Cl)c3Cl)C2=O)c2ccccc21. The Morgan fingerprint density at radius 3 is 2.61 bits per heavy atom. The summed E-state index contributed by atoms with van der Waals surface area (Å²) in [4.78, 5) is 27.3. The molecule has 8 heteroatoms. The van der Waals surface area contributed by atoms with Crippen LogP contribution in [0.25, 0.3) is 17.0 Å². The summed E-state index contributed by atoms with van der Waals surface area (Å²) >= 11 is 17.7. The van der Waals surface area contributed by atoms with E-state index in [0.29, 0.717) is 12.2 Å². The molecule has 156 valence electrons. The van der Waals surface area contributed by atoms with Crippen molar-refractivity contribution >= 4 is 75.0 Å². The normalized spacial score (nSPS) is 15.6. The second kappa shape index (κ2) is 8.30. The molecule has 0 atom stereocenters. The Morgan fingerprint density at radius 1 is 1.13 bits per heavy atom. The average molecular weight is 470 g/mol. The summed E-state index contributed by atoms with van der Waals surface area (Å²) in [5.41, 5.74) is 2.94. The van der Waals surface area contributed by atoms with Crippen molar-refractivity contribution in [2.45, 2.75) is 13.5 Å². The fourth-order valence-corrected chi connectivity index (χ4v) is 4.34. The smallest absolute Gasteiger partial charge is 0.270 e. The molecule has 2 amide bonds. The summed E-state index contributed by atoms with van der Waals surface area (Å²) < 4.78 is 2.08. The number of para-hydroxylation sites is 1. The number of carbonyl (C=O) groups excluding carboxylic acids is 2. The van der Waals surface area contributed by atoms with Crippen molar-refractivity contribution in [1.29, 1.82) is 0 Å². The highest BCUT2D eigenvalue weighted by atomic mass is 35.5. The Morgan fingerprint density at radius 2 is 1.87 bits per heavy atom. The van der Waals surface area contributed by atoms with E-state index in [-0.39, 0.29) is 20.7 Å². The Balaban J connectivity index is 1.88. The molecule has 1 aliphatic rings. The van der Waals surface area contributed by atoms with Gasteiger partial charge < -0.3 is 4.57 Å². The highest BCUT2D eigenvalue weighted by Crippen LogP contribution is 2.35. The standard InChI is InChI=1S/C23H17Cl2N3O2S/c1-3-11-27-13(2)15(14-7-4-5-9-18(14)27)12-16-21(29)26-23(31)28(22(16)30)19-10-6-8-17(24)20(19)25/h3-10,12H,1,11H2,2H3,(H,26,29,31)/b16-12+. The topological polar surface area (TPSA) is 54.3 Å². The zero-order chi connectivity index (χ0) is 22.3. The second-order valence-corrected chi connectivity index (χ2v) is 8.12. The molecule has 4 rings (SSSR count). The van der Waals surface area contributed by atoms with Gasteiger partial charge in [-0.05, 0) is 43.4 Å². The monoisotopic (exact) mass is 469 g/mol. The van der Waals surface area contributed by atoms with Gasteiger partial charge in [-0.25, -0.2) is 0 Å². The molecule has 1 saturated heterocycles. The van der Waals surface area contributed by atoms with Crippen molar-refractivity contribution in [2.24, 2.45) is 0 Å². The van der Waals surface area contributed by atoms with Crippen LogP contribution in [0.3, 0.4) is 0 Å². The number of fused-ring (bicyclic) bond motifs is 1. The number of anilines is 1. The van der Waals surface area contributed by atoms with Gasteiger partial charge >= 0.3 is 0 Å². The highest BCUT2D eigenvalue weighted by molar-refractivity contribution is 7.80. The van der Waals surface area contributed by atoms with Crippen molar-refractivity contribution in [2.75, 3.05) is 4.90 Å². The van der Waals surface area contributed by atoms with Crippen LogP contribution in [0.15, 0.2) is 60.7 Å². The maximum Gasteiger partial charge on any atom is 0.270 e. The molecule has 31 heavy (non-hydrogen) atoms. The zero-order valence-corrected chi connectivity index (χ0v) is 18.8. The predicted molar refractivity (Wildman–Crippen MR) is 130 cm³/mol. The predicted octanol–water partition coefficient (Wildman–Crippen LogP) is 5.27. The number of hydrogen-bond acceptors (Lipinski definition) is 3. The molecule has 0 spiro atoms. The van der Waals surface area contributed by atoms with Crippen molar-refractivity contribution in [3.05, 3.63) is 82.0 Å². The van der Waals surface area contributed by atoms with E-state index in [9.17, 15) is 9.59 Å². The van der Waals surface area contributed by atoms with Crippen molar-refractivity contribution < 1.29 is 9.59 Å². The van der Waals surface area contributed by atoms with Crippen LogP contribution >= 0.6 is 35.4 Å². The number of halogens is 2. The van der Waals surface area contributed by atoms with Gasteiger partial charge in [-0.3, -0.25) is 19.8 Å². The maximum atomic E-state index is 13.4. The van der Waals surface area contributed by atoms with Crippen molar-refractivity contribution in [3.8, 4) is 0 Å². The first-order valence-electron chi connectivity index (χ1n) is 9.39. The van der Waals surface area contributed by atoms with Crippen LogP contribution in [0.4, 0.5) is 5.69 Å². The fraction of sp³-hybridized carbons (Fsp3) is 0.0870. The number of hydrogen-bond donors (Lipinski definition) is 1. The minimum Gasteiger partial charge on any atom is -0.340 e. The number of nitrogens with zero attached hydrogens (tertiary/aromatic N) is 2. The number of aromatic nitrogens is 1. The van der Waals surface area contributed by atoms with Gasteiger partial charge in [0.05, 0.1) is 15.7 Å². The molecule has 1 N–H and O–H groups in total. The van der Waals surface area contributed by atoms with Crippen LogP contribution in [0.1, 0.15) is 11.3 Å². The Kier molecular flexibility index (Phi) is 5.71. The zero-order valence-electron chi connectivity index (χ0n) is 16.5. The molecule has 2 heterocycles. The van der Waals surface area contributed by atoms with E-state index in [0.717, 1.165) is 22.2 Å². The third-order valence-corrected chi connectivity index (χ3v) is 6.25. The number of nitrogens with one attached hydrogen (secondary N) is 1. The molecule has 0 radical (unpaired) electrons. The van der Waals surface area contributed by atoms with Gasteiger partial charge in [-0.15, -0.1) is 6.58 Å². The molecular formula is C23H17Cl2N3O2S. The molecule has 1 aliphatic heterocycles. The third kappa shape index (κ3) is 3.57. The first-order chi connectivity index (χ1) is 14.8. The Hall–Kier alpha value is -2.93. The lowest BCUT2D eigenvalue weighted by Gasteiger charge is -2.29. The van der Waals surface area contributed by atoms with Crippen LogP contribution in [0.2, 0.25) is 10.0 Å². The lowest BCUT2D eigenvalue weighted by molar-refractivity contribution is -0.122. The molecule has 1 fully saturated rings. The van der Waals surface area contributed by atoms with Gasteiger partial charge in [0.2, 0.25) is 0 Å². The number of rotatable bonds is 4. The van der Waals surface area contributed by atoms with Crippen LogP contribution in [0, 0.1) is 6.92 Å². The van der Waals surface area contributed by atoms with E-state index in [4.69, 9.17) is 35.4 Å². The Labute approximate surface area is 194 Å². The fourth-order valence-electron chi connectivity index (χ4n) is 3.69. The molecule has 0 saturated carbocycles. The minimum absolute atomic E-state index is 0.0470. The van der Waals surface area contributed by atoms with E-state index in [1.165, 1.54) is 4.90 Å². The first kappa shape index (κ1) is 21.3. The Bertz CT molecular complexity index is 1310. The third-order valence-electron chi connectivity index (χ3n) is 5.15. The second-order valence-electron chi connectivity index (χ2n) is 6.95. The van der Waals surface area contributed by atoms with E-state index in [1.54, 1.807) is 30.4 Å². The van der Waals surface area contributed by atoms with Gasteiger partial charge in [-0.1, -0.05) is 53.5 Å². The summed E-state index contributed by atoms with van der Waals surface area (Å²) in [5, 5.41) is 3.91. The van der Waals surface area contributed by atoms with Gasteiger partial charge in [0.15, 0.2) is 5.11 Å². The lowest BCUT2D eigenvalue weighted by atomic mass is 10.0. The van der Waals surface area contributed by atoms with E-state index in [1.807, 2.05) is 31.2 Å². The van der Waals surface area contributed by atoms with Crippen LogP contribution in [-0.2, 0) is 16.1 Å². The van der Waals surface area contributed by atoms with Gasteiger partial charge in [-0.2, -0.15) is 0 Å². The van der Waals surface area contributed by atoms with E-state index < -0.39 is 11.8 Å². The summed E-state index contributed by atoms with van der Waals surface area (Å²) in [7, 11) is 0. The molecule has 5 nitrogen and oxygen atoms in total. The van der Waals surface area contributed by atoms with Gasteiger partial charge in [0.25, 0.3) is 11.8 Å². The summed E-state index contributed by atoms with van der Waals surface area (Å²) in [6.07, 6.45) is 3.40. The molecular weight excluding hydrogens is 453 g/mol. The quantitative estimate of drug-likeness (QED) is 0.245. The van der Waals surface area contributed by atoms with Crippen molar-refractivity contribution in [1.82, 2.24) is 9.88 Å². The largest absolute Gasteiger partial charge is 0.340 e. The van der Waals surface area contributed by atoms with E-state index >= 15 is 0 Å². The highest BCUT2D eigenvalue weighted by Gasteiger charge is 2.36. The molecule has 2 aromatic carbocycles. The van der Waals surface area contributed by atoms with Crippen LogP contribution in [-0.4, -0.2) is 21.5 Å². The average Bonchev–Trinajstić information content (AvgIpc) is 3.00. The molecule has 0 unspecified atom stereocenters. The lowest BCUT2D eigenvalue weighted by Crippen LogP contribution is -2.54. The molecule has 1 aromatic heterocycles. The van der Waals surface area contributed by atoms with Crippen LogP contribution < -0.4 is 10.2 Å². The summed E-state index contributed by atoms with van der Waals surface area (Å²) in [6.45, 7) is 6.36. The minimum atomic E-state index is -0.571. The number of thiocarbonyl (C=S) groups is 1. The number of benzene rings is 2. The van der Waals surface area contributed by atoms with E-state index in [2.05, 4.69) is 16.5 Å².